The summed E-state index contributed by atoms with van der Waals surface area (Å²) < 4.78 is 0. The molecule has 2 aliphatic carbocycles. The molecule has 1 nitrogen and oxygen atoms in total. The summed E-state index contributed by atoms with van der Waals surface area (Å²) >= 11 is 0. The zero-order valence-electron chi connectivity index (χ0n) is 7.82. The van der Waals surface area contributed by atoms with Gasteiger partial charge in [-0.15, -0.1) is 0 Å². The highest BCUT2D eigenvalue weighted by Gasteiger charge is 2.05. The Labute approximate surface area is 79.6 Å². The zero-order valence-corrected chi connectivity index (χ0v) is 7.82. The number of aliphatic imine (C=N–C) groups is 1. The monoisotopic (exact) mass is 173 g/mol. The third-order valence-electron chi connectivity index (χ3n) is 2.40. The summed E-state index contributed by atoms with van der Waals surface area (Å²) in [5.74, 6) is 0. The molecule has 0 saturated carbocycles. The van der Waals surface area contributed by atoms with E-state index in [0.29, 0.717) is 6.04 Å². The van der Waals surface area contributed by atoms with Gasteiger partial charge in [0.1, 0.15) is 0 Å². The molecule has 0 aromatic rings. The Bertz CT molecular complexity index is 281. The molecule has 2 aliphatic rings. The highest BCUT2D eigenvalue weighted by Crippen LogP contribution is 2.12. The molecule has 0 N–H and O–H groups in total. The zero-order chi connectivity index (χ0) is 8.93. The van der Waals surface area contributed by atoms with Crippen LogP contribution in [0, 0.1) is 0 Å². The lowest BCUT2D eigenvalue weighted by Gasteiger charge is -2.11. The van der Waals surface area contributed by atoms with Crippen molar-refractivity contribution < 1.29 is 0 Å². The molecule has 0 aromatic carbocycles. The van der Waals surface area contributed by atoms with Crippen LogP contribution in [0.1, 0.15) is 25.7 Å². The lowest BCUT2D eigenvalue weighted by Crippen LogP contribution is -2.07. The van der Waals surface area contributed by atoms with E-state index in [1.807, 2.05) is 0 Å². The van der Waals surface area contributed by atoms with Crippen molar-refractivity contribution in [3.05, 3.63) is 36.5 Å². The summed E-state index contributed by atoms with van der Waals surface area (Å²) in [6, 6.07) is 0.391. The van der Waals surface area contributed by atoms with Crippen LogP contribution >= 0.6 is 0 Å². The summed E-state index contributed by atoms with van der Waals surface area (Å²) in [4.78, 5) is 4.69. The predicted octanol–water partition coefficient (Wildman–Crippen LogP) is 3.05. The van der Waals surface area contributed by atoms with Crippen molar-refractivity contribution in [3.8, 4) is 0 Å². The second-order valence-electron chi connectivity index (χ2n) is 3.53. The van der Waals surface area contributed by atoms with Crippen molar-refractivity contribution in [2.45, 2.75) is 31.7 Å². The Morgan fingerprint density at radius 2 is 2.23 bits per heavy atom. The Balaban J connectivity index is 2.02. The van der Waals surface area contributed by atoms with Gasteiger partial charge in [0.05, 0.1) is 6.04 Å². The molecular weight excluding hydrogens is 158 g/mol. The number of hydrogen-bond donors (Lipinski definition) is 0. The van der Waals surface area contributed by atoms with Gasteiger partial charge < -0.3 is 0 Å². The number of rotatable bonds is 1. The molecule has 0 aromatic heterocycles. The third-order valence-corrected chi connectivity index (χ3v) is 2.40. The van der Waals surface area contributed by atoms with Crippen LogP contribution in [0.4, 0.5) is 0 Å². The van der Waals surface area contributed by atoms with Crippen LogP contribution < -0.4 is 0 Å². The van der Waals surface area contributed by atoms with Crippen LogP contribution in [0.3, 0.4) is 0 Å². The van der Waals surface area contributed by atoms with Gasteiger partial charge in [-0.3, -0.25) is 4.99 Å². The largest absolute Gasteiger partial charge is 0.282 e. The maximum Gasteiger partial charge on any atom is 0.0720 e. The Morgan fingerprint density at radius 3 is 2.92 bits per heavy atom. The first-order valence-corrected chi connectivity index (χ1v) is 5.02. The van der Waals surface area contributed by atoms with E-state index in [9.17, 15) is 0 Å². The first-order chi connectivity index (χ1) is 6.45. The molecule has 0 aliphatic heterocycles. The van der Waals surface area contributed by atoms with Crippen molar-refractivity contribution in [2.24, 2.45) is 4.99 Å². The van der Waals surface area contributed by atoms with Crippen LogP contribution in [-0.4, -0.2) is 11.8 Å². The van der Waals surface area contributed by atoms with Gasteiger partial charge in [0, 0.05) is 5.71 Å². The molecule has 0 bridgehead atoms. The third kappa shape index (κ3) is 2.41. The molecule has 68 valence electrons. The first-order valence-electron chi connectivity index (χ1n) is 5.02. The molecule has 0 saturated heterocycles. The van der Waals surface area contributed by atoms with Gasteiger partial charge in [-0.1, -0.05) is 30.4 Å². The number of nitrogens with zero attached hydrogens (tertiary/aromatic N) is 1. The van der Waals surface area contributed by atoms with Gasteiger partial charge in [-0.05, 0) is 31.8 Å². The van der Waals surface area contributed by atoms with Gasteiger partial charge in [0.2, 0.25) is 0 Å². The van der Waals surface area contributed by atoms with Crippen LogP contribution in [0.15, 0.2) is 41.4 Å². The van der Waals surface area contributed by atoms with Crippen LogP contribution in [0.25, 0.3) is 0 Å². The lowest BCUT2D eigenvalue weighted by molar-refractivity contribution is 0.806. The number of hydrogen-bond acceptors (Lipinski definition) is 1. The van der Waals surface area contributed by atoms with Gasteiger partial charge in [-0.2, -0.15) is 0 Å². The maximum absolute atomic E-state index is 4.69. The second kappa shape index (κ2) is 4.22. The predicted molar refractivity (Wildman–Crippen MR) is 57.1 cm³/mol. The molecule has 1 heteroatoms. The summed E-state index contributed by atoms with van der Waals surface area (Å²) in [7, 11) is 0. The van der Waals surface area contributed by atoms with Crippen molar-refractivity contribution in [1.82, 2.24) is 0 Å². The molecule has 0 amide bonds. The molecule has 2 rings (SSSR count). The van der Waals surface area contributed by atoms with Crippen molar-refractivity contribution in [1.29, 1.82) is 0 Å². The van der Waals surface area contributed by atoms with Crippen molar-refractivity contribution in [3.63, 3.8) is 0 Å². The quantitative estimate of drug-likeness (QED) is 0.578. The molecule has 0 heterocycles. The van der Waals surface area contributed by atoms with Crippen molar-refractivity contribution in [2.75, 3.05) is 0 Å². The minimum atomic E-state index is 0.391. The fourth-order valence-corrected chi connectivity index (χ4v) is 1.69. The fraction of sp³-hybridized carbons (Fsp3) is 0.417. The number of allylic oxidation sites excluding steroid dienone is 4. The van der Waals surface area contributed by atoms with E-state index in [2.05, 4.69) is 41.4 Å². The summed E-state index contributed by atoms with van der Waals surface area (Å²) in [5, 5.41) is 0. The maximum atomic E-state index is 4.69. The SMILES string of the molecule is C1=CCC(N=C2C=CCCC2)C=C1. The van der Waals surface area contributed by atoms with Crippen LogP contribution in [0.2, 0.25) is 0 Å². The lowest BCUT2D eigenvalue weighted by atomic mass is 10.0. The van der Waals surface area contributed by atoms with E-state index in [1.165, 1.54) is 18.6 Å². The Kier molecular flexibility index (Phi) is 2.75. The summed E-state index contributed by atoms with van der Waals surface area (Å²) in [5.41, 5.74) is 1.27. The van der Waals surface area contributed by atoms with E-state index < -0.39 is 0 Å². The Hall–Kier alpha value is -1.11. The summed E-state index contributed by atoms with van der Waals surface area (Å²) in [6.45, 7) is 0. The van der Waals surface area contributed by atoms with Gasteiger partial charge in [0.15, 0.2) is 0 Å². The van der Waals surface area contributed by atoms with Gasteiger partial charge in [0.25, 0.3) is 0 Å². The topological polar surface area (TPSA) is 12.4 Å². The molecule has 13 heavy (non-hydrogen) atoms. The second-order valence-corrected chi connectivity index (χ2v) is 3.53. The smallest absolute Gasteiger partial charge is 0.0720 e. The summed E-state index contributed by atoms with van der Waals surface area (Å²) in [6.07, 6.45) is 17.6. The molecule has 0 spiro atoms. The van der Waals surface area contributed by atoms with E-state index in [1.54, 1.807) is 0 Å². The standard InChI is InChI=1S/C12H15N/c1-3-7-11(8-4-1)13-12-9-5-2-6-10-12/h1,3-5,7,9,11H,2,6,8,10H2. The molecule has 0 radical (unpaired) electrons. The van der Waals surface area contributed by atoms with Crippen LogP contribution in [-0.2, 0) is 0 Å². The van der Waals surface area contributed by atoms with Gasteiger partial charge >= 0.3 is 0 Å². The fourth-order valence-electron chi connectivity index (χ4n) is 1.69. The van der Waals surface area contributed by atoms with E-state index in [4.69, 9.17) is 0 Å². The van der Waals surface area contributed by atoms with Crippen molar-refractivity contribution >= 4 is 5.71 Å². The minimum absolute atomic E-state index is 0.391. The molecule has 0 fully saturated rings. The Morgan fingerprint density at radius 1 is 1.23 bits per heavy atom. The molecule has 1 unspecified atom stereocenters. The average Bonchev–Trinajstić information content (AvgIpc) is 2.21. The average molecular weight is 173 g/mol. The van der Waals surface area contributed by atoms with E-state index in [-0.39, 0.29) is 0 Å². The van der Waals surface area contributed by atoms with Crippen LogP contribution in [0.5, 0.6) is 0 Å². The first kappa shape index (κ1) is 8.49. The highest BCUT2D eigenvalue weighted by atomic mass is 14.8. The van der Waals surface area contributed by atoms with E-state index >= 15 is 0 Å². The minimum Gasteiger partial charge on any atom is -0.282 e. The van der Waals surface area contributed by atoms with E-state index in [0.717, 1.165) is 12.8 Å². The van der Waals surface area contributed by atoms with Gasteiger partial charge in [-0.25, -0.2) is 0 Å². The molecule has 1 atom stereocenters. The normalized spacial score (nSPS) is 29.8. The molecular formula is C12H15N. The highest BCUT2D eigenvalue weighted by molar-refractivity contribution is 5.95.